The van der Waals surface area contributed by atoms with E-state index in [0.717, 1.165) is 31.0 Å². The Bertz CT molecular complexity index is 563. The van der Waals surface area contributed by atoms with Crippen LogP contribution in [0.3, 0.4) is 0 Å². The minimum Gasteiger partial charge on any atom is -0.342 e. The first kappa shape index (κ1) is 11.8. The van der Waals surface area contributed by atoms with Crippen LogP contribution < -0.4 is 4.90 Å². The van der Waals surface area contributed by atoms with E-state index >= 15 is 0 Å². The van der Waals surface area contributed by atoms with Crippen LogP contribution in [0.5, 0.6) is 0 Å². The number of hydrogen-bond acceptors (Lipinski definition) is 2. The van der Waals surface area contributed by atoms with Gasteiger partial charge in [-0.25, -0.2) is 4.98 Å². The van der Waals surface area contributed by atoms with Gasteiger partial charge in [-0.05, 0) is 24.5 Å². The fraction of sp³-hybridized carbons (Fsp3) is 0.500. The number of rotatable bonds is 1. The fourth-order valence-corrected chi connectivity index (χ4v) is 2.89. The number of hydrogen-bond donors (Lipinski definition) is 0. The summed E-state index contributed by atoms with van der Waals surface area (Å²) in [4.78, 5) is 7.09. The Morgan fingerprint density at radius 1 is 1.33 bits per heavy atom. The summed E-state index contributed by atoms with van der Waals surface area (Å²) < 4.78 is 2.18. The third kappa shape index (κ3) is 1.87. The standard InChI is InChI=1S/C14H18ClN3/c1-10-9-18(8-7-11(10)15)14-16-12-5-3-4-6-13(12)17(14)2/h3-6,10-11H,7-9H2,1-2H3. The molecule has 1 aliphatic heterocycles. The van der Waals surface area contributed by atoms with Gasteiger partial charge in [-0.2, -0.15) is 0 Å². The highest BCUT2D eigenvalue weighted by molar-refractivity contribution is 6.20. The zero-order valence-electron chi connectivity index (χ0n) is 10.8. The summed E-state index contributed by atoms with van der Waals surface area (Å²) in [5.74, 6) is 1.58. The fourth-order valence-electron chi connectivity index (χ4n) is 2.71. The molecule has 18 heavy (non-hydrogen) atoms. The Labute approximate surface area is 112 Å². The highest BCUT2D eigenvalue weighted by atomic mass is 35.5. The second kappa shape index (κ2) is 4.47. The Kier molecular flexibility index (Phi) is 2.94. The lowest BCUT2D eigenvalue weighted by Crippen LogP contribution is -2.41. The summed E-state index contributed by atoms with van der Waals surface area (Å²) in [5, 5.41) is 0.302. The molecule has 1 fully saturated rings. The number of nitrogens with zero attached hydrogens (tertiary/aromatic N) is 3. The minimum atomic E-state index is 0.302. The molecule has 2 aromatic rings. The molecule has 3 nitrogen and oxygen atoms in total. The van der Waals surface area contributed by atoms with Gasteiger partial charge in [0.15, 0.2) is 0 Å². The zero-order valence-corrected chi connectivity index (χ0v) is 11.6. The summed E-state index contributed by atoms with van der Waals surface area (Å²) in [7, 11) is 2.09. The lowest BCUT2D eigenvalue weighted by Gasteiger charge is -2.34. The largest absolute Gasteiger partial charge is 0.342 e. The van der Waals surface area contributed by atoms with Crippen LogP contribution >= 0.6 is 11.6 Å². The molecular formula is C14H18ClN3. The third-order valence-corrected chi connectivity index (χ3v) is 4.50. The maximum absolute atomic E-state index is 6.28. The van der Waals surface area contributed by atoms with Crippen molar-refractivity contribution < 1.29 is 0 Å². The van der Waals surface area contributed by atoms with Crippen molar-refractivity contribution in [3.8, 4) is 0 Å². The number of fused-ring (bicyclic) bond motifs is 1. The molecule has 0 N–H and O–H groups in total. The van der Waals surface area contributed by atoms with E-state index in [-0.39, 0.29) is 0 Å². The molecule has 0 bridgehead atoms. The Hall–Kier alpha value is -1.22. The van der Waals surface area contributed by atoms with Gasteiger partial charge in [-0.15, -0.1) is 11.6 Å². The van der Waals surface area contributed by atoms with Gasteiger partial charge in [-0.1, -0.05) is 19.1 Å². The van der Waals surface area contributed by atoms with E-state index in [4.69, 9.17) is 16.6 Å². The number of halogens is 1. The quantitative estimate of drug-likeness (QED) is 0.738. The molecule has 1 aromatic carbocycles. The third-order valence-electron chi connectivity index (χ3n) is 3.85. The van der Waals surface area contributed by atoms with E-state index in [9.17, 15) is 0 Å². The van der Waals surface area contributed by atoms with Crippen molar-refractivity contribution in [3.63, 3.8) is 0 Å². The van der Waals surface area contributed by atoms with Crippen molar-refractivity contribution in [3.05, 3.63) is 24.3 Å². The van der Waals surface area contributed by atoms with Gasteiger partial charge < -0.3 is 9.47 Å². The van der Waals surface area contributed by atoms with E-state index in [1.165, 1.54) is 5.52 Å². The van der Waals surface area contributed by atoms with Crippen molar-refractivity contribution in [1.82, 2.24) is 9.55 Å². The smallest absolute Gasteiger partial charge is 0.206 e. The summed E-state index contributed by atoms with van der Waals surface area (Å²) in [6.07, 6.45) is 1.03. The van der Waals surface area contributed by atoms with E-state index in [1.807, 2.05) is 6.07 Å². The Balaban J connectivity index is 1.97. The molecule has 1 saturated heterocycles. The molecular weight excluding hydrogens is 246 g/mol. The van der Waals surface area contributed by atoms with Gasteiger partial charge in [-0.3, -0.25) is 0 Å². The van der Waals surface area contributed by atoms with Gasteiger partial charge in [0, 0.05) is 25.5 Å². The van der Waals surface area contributed by atoms with Crippen molar-refractivity contribution in [2.45, 2.75) is 18.7 Å². The van der Waals surface area contributed by atoms with Crippen molar-refractivity contribution in [2.75, 3.05) is 18.0 Å². The van der Waals surface area contributed by atoms with Gasteiger partial charge >= 0.3 is 0 Å². The lowest BCUT2D eigenvalue weighted by atomic mass is 10.00. The molecule has 3 rings (SSSR count). The maximum atomic E-state index is 6.28. The van der Waals surface area contributed by atoms with Crippen LogP contribution in [0.2, 0.25) is 0 Å². The summed E-state index contributed by atoms with van der Waals surface area (Å²) >= 11 is 6.28. The summed E-state index contributed by atoms with van der Waals surface area (Å²) in [5.41, 5.74) is 2.25. The molecule has 0 aliphatic carbocycles. The van der Waals surface area contributed by atoms with Crippen LogP contribution in [0.25, 0.3) is 11.0 Å². The van der Waals surface area contributed by atoms with Crippen LogP contribution in [-0.4, -0.2) is 28.0 Å². The van der Waals surface area contributed by atoms with Crippen LogP contribution in [0, 0.1) is 5.92 Å². The van der Waals surface area contributed by atoms with Gasteiger partial charge in [0.05, 0.1) is 11.0 Å². The molecule has 0 saturated carbocycles. The summed E-state index contributed by atoms with van der Waals surface area (Å²) in [6, 6.07) is 8.27. The van der Waals surface area contributed by atoms with Gasteiger partial charge in [0.1, 0.15) is 0 Å². The molecule has 0 spiro atoms. The number of anilines is 1. The topological polar surface area (TPSA) is 21.1 Å². The molecule has 2 atom stereocenters. The Morgan fingerprint density at radius 3 is 2.83 bits per heavy atom. The molecule has 0 radical (unpaired) electrons. The molecule has 1 aromatic heterocycles. The molecule has 2 heterocycles. The molecule has 0 amide bonds. The maximum Gasteiger partial charge on any atom is 0.206 e. The number of piperidine rings is 1. The number of imidazole rings is 1. The van der Waals surface area contributed by atoms with E-state index in [2.05, 4.69) is 41.6 Å². The van der Waals surface area contributed by atoms with Crippen LogP contribution in [0.1, 0.15) is 13.3 Å². The minimum absolute atomic E-state index is 0.302. The van der Waals surface area contributed by atoms with Crippen LogP contribution in [0.15, 0.2) is 24.3 Å². The highest BCUT2D eigenvalue weighted by Gasteiger charge is 2.26. The second-order valence-electron chi connectivity index (χ2n) is 5.19. The summed E-state index contributed by atoms with van der Waals surface area (Å²) in [6.45, 7) is 4.20. The normalized spacial score (nSPS) is 24.7. The van der Waals surface area contributed by atoms with Crippen molar-refractivity contribution >= 4 is 28.6 Å². The first-order chi connectivity index (χ1) is 8.66. The molecule has 96 valence electrons. The van der Waals surface area contributed by atoms with Crippen LogP contribution in [0.4, 0.5) is 5.95 Å². The first-order valence-electron chi connectivity index (χ1n) is 6.47. The molecule has 4 heteroatoms. The molecule has 1 aliphatic rings. The van der Waals surface area contributed by atoms with Crippen molar-refractivity contribution in [2.24, 2.45) is 13.0 Å². The van der Waals surface area contributed by atoms with Gasteiger partial charge in [0.2, 0.25) is 5.95 Å². The van der Waals surface area contributed by atoms with E-state index in [0.29, 0.717) is 11.3 Å². The predicted molar refractivity (Wildman–Crippen MR) is 76.3 cm³/mol. The number of aryl methyl sites for hydroxylation is 1. The zero-order chi connectivity index (χ0) is 12.7. The van der Waals surface area contributed by atoms with E-state index in [1.54, 1.807) is 0 Å². The van der Waals surface area contributed by atoms with E-state index < -0.39 is 0 Å². The number of alkyl halides is 1. The van der Waals surface area contributed by atoms with Crippen molar-refractivity contribution in [1.29, 1.82) is 0 Å². The highest BCUT2D eigenvalue weighted by Crippen LogP contribution is 2.27. The lowest BCUT2D eigenvalue weighted by molar-refractivity contribution is 0.447. The SMILES string of the molecule is CC1CN(c2nc3ccccc3n2C)CCC1Cl. The molecule has 2 unspecified atom stereocenters. The predicted octanol–water partition coefficient (Wildman–Crippen LogP) is 3.03. The second-order valence-corrected chi connectivity index (χ2v) is 5.75. The van der Waals surface area contributed by atoms with Gasteiger partial charge in [0.25, 0.3) is 0 Å². The number of aromatic nitrogens is 2. The first-order valence-corrected chi connectivity index (χ1v) is 6.91. The number of benzene rings is 1. The monoisotopic (exact) mass is 263 g/mol. The van der Waals surface area contributed by atoms with Crippen LogP contribution in [-0.2, 0) is 7.05 Å². The Morgan fingerprint density at radius 2 is 2.11 bits per heavy atom. The average molecular weight is 264 g/mol. The average Bonchev–Trinajstić information content (AvgIpc) is 2.71. The number of para-hydroxylation sites is 2.